The van der Waals surface area contributed by atoms with Crippen LogP contribution in [-0.2, 0) is 4.79 Å². The Morgan fingerprint density at radius 2 is 2.27 bits per heavy atom. The molecule has 0 spiro atoms. The number of hydrogen-bond acceptors (Lipinski definition) is 4. The minimum absolute atomic E-state index is 0.0353. The van der Waals surface area contributed by atoms with Gasteiger partial charge in [0.2, 0.25) is 5.91 Å². The lowest BCUT2D eigenvalue weighted by Gasteiger charge is -2.08. The summed E-state index contributed by atoms with van der Waals surface area (Å²) in [5.41, 5.74) is 0.818. The van der Waals surface area contributed by atoms with Crippen molar-refractivity contribution in [3.63, 3.8) is 0 Å². The predicted octanol–water partition coefficient (Wildman–Crippen LogP) is 3.28. The number of nitrogens with zero attached hydrogens (tertiary/aromatic N) is 1. The Bertz CT molecular complexity index is 870. The average Bonchev–Trinajstić information content (AvgIpc) is 3.15. The monoisotopic (exact) mass is 315 g/mol. The first-order valence-corrected chi connectivity index (χ1v) is 8.05. The van der Waals surface area contributed by atoms with E-state index in [9.17, 15) is 9.18 Å². The number of rotatable bonds is 2. The maximum Gasteiger partial charge on any atom is 0.243 e. The first kappa shape index (κ1) is 13.6. The molecule has 1 aliphatic heterocycles. The molecule has 1 aromatic heterocycles. The quantitative estimate of drug-likeness (QED) is 0.763. The van der Waals surface area contributed by atoms with Crippen LogP contribution in [0.3, 0.4) is 0 Å². The number of benzene rings is 2. The Hall–Kier alpha value is -2.05. The zero-order chi connectivity index (χ0) is 15.1. The van der Waals surface area contributed by atoms with Gasteiger partial charge in [-0.1, -0.05) is 17.4 Å². The number of carbonyl (C=O) groups excluding carboxylic acids is 1. The van der Waals surface area contributed by atoms with E-state index in [0.29, 0.717) is 5.13 Å². The first-order valence-electron chi connectivity index (χ1n) is 7.24. The topological polar surface area (TPSA) is 54.0 Å². The molecule has 1 amide bonds. The molecule has 1 fully saturated rings. The second-order valence-electron chi connectivity index (χ2n) is 5.44. The molecule has 112 valence electrons. The van der Waals surface area contributed by atoms with Gasteiger partial charge in [0.25, 0.3) is 0 Å². The lowest BCUT2D eigenvalue weighted by molar-refractivity contribution is -0.117. The molecule has 0 saturated carbocycles. The molecule has 22 heavy (non-hydrogen) atoms. The summed E-state index contributed by atoms with van der Waals surface area (Å²) in [5, 5.41) is 8.43. The van der Waals surface area contributed by atoms with Crippen molar-refractivity contribution in [3.05, 3.63) is 36.1 Å². The Labute approximate surface area is 130 Å². The number of anilines is 1. The predicted molar refractivity (Wildman–Crippen MR) is 86.7 cm³/mol. The first-order chi connectivity index (χ1) is 10.7. The third-order valence-electron chi connectivity index (χ3n) is 3.94. The van der Waals surface area contributed by atoms with E-state index in [2.05, 4.69) is 15.6 Å². The van der Waals surface area contributed by atoms with E-state index in [0.717, 1.165) is 40.4 Å². The largest absolute Gasteiger partial charge is 0.306 e. The fraction of sp³-hybridized carbons (Fsp3) is 0.250. The van der Waals surface area contributed by atoms with Crippen molar-refractivity contribution in [3.8, 4) is 0 Å². The van der Waals surface area contributed by atoms with Crippen LogP contribution in [0.2, 0.25) is 0 Å². The molecule has 4 nitrogen and oxygen atoms in total. The van der Waals surface area contributed by atoms with Crippen LogP contribution in [-0.4, -0.2) is 23.5 Å². The average molecular weight is 315 g/mol. The second-order valence-corrected chi connectivity index (χ2v) is 6.44. The molecular weight excluding hydrogens is 301 g/mol. The molecule has 2 aromatic carbocycles. The summed E-state index contributed by atoms with van der Waals surface area (Å²) in [4.78, 5) is 16.6. The molecule has 0 radical (unpaired) electrons. The van der Waals surface area contributed by atoms with Crippen LogP contribution in [0.5, 0.6) is 0 Å². The number of fused-ring (bicyclic) bond motifs is 3. The van der Waals surface area contributed by atoms with Crippen LogP contribution in [0.1, 0.15) is 12.8 Å². The highest BCUT2D eigenvalue weighted by atomic mass is 32.1. The van der Waals surface area contributed by atoms with E-state index in [1.165, 1.54) is 23.5 Å². The highest BCUT2D eigenvalue weighted by molar-refractivity contribution is 7.23. The Kier molecular flexibility index (Phi) is 3.28. The molecule has 1 saturated heterocycles. The summed E-state index contributed by atoms with van der Waals surface area (Å²) in [5.74, 6) is -0.288. The van der Waals surface area contributed by atoms with Crippen molar-refractivity contribution in [1.29, 1.82) is 0 Å². The van der Waals surface area contributed by atoms with Crippen LogP contribution in [0, 0.1) is 5.82 Å². The summed E-state index contributed by atoms with van der Waals surface area (Å²) in [7, 11) is 0. The molecule has 3 aromatic rings. The van der Waals surface area contributed by atoms with Crippen LogP contribution >= 0.6 is 11.3 Å². The van der Waals surface area contributed by atoms with E-state index in [1.54, 1.807) is 6.07 Å². The van der Waals surface area contributed by atoms with Crippen LogP contribution in [0.4, 0.5) is 9.52 Å². The van der Waals surface area contributed by atoms with Crippen molar-refractivity contribution < 1.29 is 9.18 Å². The highest BCUT2D eigenvalue weighted by Crippen LogP contribution is 2.33. The van der Waals surface area contributed by atoms with E-state index in [-0.39, 0.29) is 17.8 Å². The summed E-state index contributed by atoms with van der Waals surface area (Å²) in [6.07, 6.45) is 1.88. The zero-order valence-corrected chi connectivity index (χ0v) is 12.5. The van der Waals surface area contributed by atoms with Gasteiger partial charge in [-0.15, -0.1) is 0 Å². The van der Waals surface area contributed by atoms with Crippen molar-refractivity contribution in [1.82, 2.24) is 10.3 Å². The molecule has 6 heteroatoms. The standard InChI is InChI=1S/C16H14FN3OS/c17-10-4-5-11-9(8-10)3-6-12-14(11)22-16(19-12)20-15(21)13-2-1-7-18-13/h3-6,8,13,18H,1-2,7H2,(H,19,20,21)/t13-/m1/s1. The maximum atomic E-state index is 13.3. The molecular formula is C16H14FN3OS. The van der Waals surface area contributed by atoms with Gasteiger partial charge in [-0.05, 0) is 49.0 Å². The minimum atomic E-state index is -0.253. The molecule has 0 bridgehead atoms. The van der Waals surface area contributed by atoms with Gasteiger partial charge in [-0.25, -0.2) is 9.37 Å². The third-order valence-corrected chi connectivity index (χ3v) is 4.96. The third kappa shape index (κ3) is 2.34. The van der Waals surface area contributed by atoms with E-state index in [1.807, 2.05) is 12.1 Å². The number of nitrogens with one attached hydrogen (secondary N) is 2. The summed E-state index contributed by atoms with van der Waals surface area (Å²) < 4.78 is 14.3. The van der Waals surface area contributed by atoms with Gasteiger partial charge < -0.3 is 10.6 Å². The van der Waals surface area contributed by atoms with Crippen molar-refractivity contribution in [2.75, 3.05) is 11.9 Å². The smallest absolute Gasteiger partial charge is 0.243 e. The zero-order valence-electron chi connectivity index (χ0n) is 11.7. The summed E-state index contributed by atoms with van der Waals surface area (Å²) in [6, 6.07) is 8.30. The summed E-state index contributed by atoms with van der Waals surface area (Å²) >= 11 is 1.43. The lowest BCUT2D eigenvalue weighted by Crippen LogP contribution is -2.35. The molecule has 0 aliphatic carbocycles. The molecule has 0 unspecified atom stereocenters. The fourth-order valence-corrected chi connectivity index (χ4v) is 3.84. The van der Waals surface area contributed by atoms with Crippen LogP contribution in [0.15, 0.2) is 30.3 Å². The number of carbonyl (C=O) groups is 1. The Morgan fingerprint density at radius 3 is 3.09 bits per heavy atom. The van der Waals surface area contributed by atoms with Gasteiger partial charge in [0.05, 0.1) is 16.3 Å². The molecule has 2 heterocycles. The van der Waals surface area contributed by atoms with Gasteiger partial charge >= 0.3 is 0 Å². The van der Waals surface area contributed by atoms with Crippen LogP contribution < -0.4 is 10.6 Å². The van der Waals surface area contributed by atoms with Crippen molar-refractivity contribution in [2.45, 2.75) is 18.9 Å². The fourth-order valence-electron chi connectivity index (χ4n) is 2.84. The van der Waals surface area contributed by atoms with Crippen LogP contribution in [0.25, 0.3) is 21.0 Å². The molecule has 1 aliphatic rings. The highest BCUT2D eigenvalue weighted by Gasteiger charge is 2.22. The molecule has 2 N–H and O–H groups in total. The Morgan fingerprint density at radius 1 is 1.36 bits per heavy atom. The SMILES string of the molecule is O=C(Nc1nc2ccc3cc(F)ccc3c2s1)[C@H]1CCCN1. The summed E-state index contributed by atoms with van der Waals surface area (Å²) in [6.45, 7) is 0.883. The van der Waals surface area contributed by atoms with E-state index in [4.69, 9.17) is 0 Å². The van der Waals surface area contributed by atoms with Gasteiger partial charge in [-0.3, -0.25) is 4.79 Å². The van der Waals surface area contributed by atoms with E-state index < -0.39 is 0 Å². The number of aromatic nitrogens is 1. The Balaban J connectivity index is 1.70. The minimum Gasteiger partial charge on any atom is -0.306 e. The number of thiazole rings is 1. The number of amides is 1. The van der Waals surface area contributed by atoms with Gasteiger partial charge in [0.15, 0.2) is 5.13 Å². The number of halogens is 1. The van der Waals surface area contributed by atoms with Gasteiger partial charge in [0, 0.05) is 5.39 Å². The van der Waals surface area contributed by atoms with Gasteiger partial charge in [0.1, 0.15) is 5.82 Å². The van der Waals surface area contributed by atoms with E-state index >= 15 is 0 Å². The second kappa shape index (κ2) is 5.30. The molecule has 4 rings (SSSR count). The lowest BCUT2D eigenvalue weighted by atomic mass is 10.1. The van der Waals surface area contributed by atoms with Gasteiger partial charge in [-0.2, -0.15) is 0 Å². The number of hydrogen-bond donors (Lipinski definition) is 2. The van der Waals surface area contributed by atoms with Crippen molar-refractivity contribution >= 4 is 43.4 Å². The van der Waals surface area contributed by atoms with Crippen molar-refractivity contribution in [2.24, 2.45) is 0 Å². The maximum absolute atomic E-state index is 13.3. The normalized spacial score (nSPS) is 18.1. The molecule has 1 atom stereocenters.